The fraction of sp³-hybridized carbons (Fsp3) is 0. The highest BCUT2D eigenvalue weighted by Gasteiger charge is 2.09. The van der Waals surface area contributed by atoms with Crippen LogP contribution < -0.4 is 0 Å². The molecule has 0 amide bonds. The zero-order valence-electron chi connectivity index (χ0n) is 6.89. The average molecular weight is 323 g/mol. The fourth-order valence-electron chi connectivity index (χ4n) is 1.33. The smallest absolute Gasteiger partial charge is 0.142 e. The van der Waals surface area contributed by atoms with Crippen molar-refractivity contribution in [1.82, 2.24) is 0 Å². The first-order valence-corrected chi connectivity index (χ1v) is 5.31. The molecular weight excluding hydrogens is 317 g/mol. The molecule has 1 N–H and O–H groups in total. The summed E-state index contributed by atoms with van der Waals surface area (Å²) >= 11 is 7.84. The Labute approximate surface area is 98.6 Å². The van der Waals surface area contributed by atoms with E-state index in [2.05, 4.69) is 0 Å². The van der Waals surface area contributed by atoms with E-state index >= 15 is 0 Å². The molecule has 0 heterocycles. The highest BCUT2D eigenvalue weighted by molar-refractivity contribution is 14.1. The van der Waals surface area contributed by atoms with Gasteiger partial charge in [0, 0.05) is 8.96 Å². The molecule has 0 aromatic heterocycles. The number of rotatable bonds is 0. The van der Waals surface area contributed by atoms with Gasteiger partial charge in [-0.3, -0.25) is 0 Å². The molecule has 14 heavy (non-hydrogen) atoms. The maximum atomic E-state index is 13.1. The predicted molar refractivity (Wildman–Crippen MR) is 63.3 cm³/mol. The molecule has 0 unspecified atom stereocenters. The molecule has 0 spiro atoms. The van der Waals surface area contributed by atoms with Crippen LogP contribution in [0.2, 0.25) is 5.02 Å². The predicted octanol–water partition coefficient (Wildman–Crippen LogP) is 3.94. The van der Waals surface area contributed by atoms with Gasteiger partial charge in [-0.25, -0.2) is 4.39 Å². The first-order chi connectivity index (χ1) is 6.59. The summed E-state index contributed by atoms with van der Waals surface area (Å²) in [5.41, 5.74) is 0. The van der Waals surface area contributed by atoms with Gasteiger partial charge in [0.25, 0.3) is 0 Å². The van der Waals surface area contributed by atoms with Crippen LogP contribution in [0.3, 0.4) is 0 Å². The Morgan fingerprint density at radius 3 is 2.71 bits per heavy atom. The van der Waals surface area contributed by atoms with Crippen LogP contribution in [0, 0.1) is 9.39 Å². The van der Waals surface area contributed by atoms with Crippen LogP contribution >= 0.6 is 34.2 Å². The van der Waals surface area contributed by atoms with Gasteiger partial charge in [0.15, 0.2) is 0 Å². The van der Waals surface area contributed by atoms with Crippen molar-refractivity contribution in [2.45, 2.75) is 0 Å². The zero-order chi connectivity index (χ0) is 10.3. The van der Waals surface area contributed by atoms with E-state index in [0.29, 0.717) is 5.39 Å². The molecule has 0 aliphatic rings. The summed E-state index contributed by atoms with van der Waals surface area (Å²) in [7, 11) is 0. The molecule has 72 valence electrons. The maximum Gasteiger partial charge on any atom is 0.142 e. The molecule has 0 saturated heterocycles. The van der Waals surface area contributed by atoms with E-state index in [1.165, 1.54) is 6.07 Å². The first kappa shape index (κ1) is 9.98. The fourth-order valence-corrected chi connectivity index (χ4v) is 2.67. The summed E-state index contributed by atoms with van der Waals surface area (Å²) < 4.78 is 13.9. The van der Waals surface area contributed by atoms with Crippen LogP contribution in [0.25, 0.3) is 10.8 Å². The van der Waals surface area contributed by atoms with Gasteiger partial charge in [-0.2, -0.15) is 0 Å². The largest absolute Gasteiger partial charge is 0.508 e. The summed E-state index contributed by atoms with van der Waals surface area (Å²) in [4.78, 5) is 0. The Bertz CT molecular complexity index is 513. The molecule has 0 saturated carbocycles. The number of benzene rings is 2. The van der Waals surface area contributed by atoms with Gasteiger partial charge in [0.2, 0.25) is 0 Å². The molecule has 4 heteroatoms. The van der Waals surface area contributed by atoms with Gasteiger partial charge in [-0.05, 0) is 46.2 Å². The Hall–Kier alpha value is -0.550. The van der Waals surface area contributed by atoms with Gasteiger partial charge in [-0.1, -0.05) is 17.7 Å². The minimum atomic E-state index is -0.442. The Morgan fingerprint density at radius 1 is 1.29 bits per heavy atom. The van der Waals surface area contributed by atoms with Gasteiger partial charge >= 0.3 is 0 Å². The third kappa shape index (κ3) is 1.54. The van der Waals surface area contributed by atoms with E-state index in [-0.39, 0.29) is 10.8 Å². The number of aromatic hydroxyl groups is 1. The number of phenols is 1. The number of hydrogen-bond acceptors (Lipinski definition) is 1. The lowest BCUT2D eigenvalue weighted by Crippen LogP contribution is -1.83. The van der Waals surface area contributed by atoms with Crippen molar-refractivity contribution in [1.29, 1.82) is 0 Å². The van der Waals surface area contributed by atoms with Crippen molar-refractivity contribution in [2.75, 3.05) is 0 Å². The summed E-state index contributed by atoms with van der Waals surface area (Å²) in [5, 5.41) is 10.8. The monoisotopic (exact) mass is 322 g/mol. The van der Waals surface area contributed by atoms with Crippen LogP contribution in [0.4, 0.5) is 4.39 Å². The molecule has 2 rings (SSSR count). The van der Waals surface area contributed by atoms with E-state index in [0.717, 1.165) is 8.96 Å². The standard InChI is InChI=1S/C10H5ClFIO/c11-10-7(12)2-1-5-3-6(14)4-8(13)9(5)10/h1-4,14H. The van der Waals surface area contributed by atoms with Crippen molar-refractivity contribution in [2.24, 2.45) is 0 Å². The molecule has 0 atom stereocenters. The number of halogens is 3. The van der Waals surface area contributed by atoms with E-state index in [9.17, 15) is 9.50 Å². The van der Waals surface area contributed by atoms with Crippen LogP contribution in [-0.2, 0) is 0 Å². The minimum absolute atomic E-state index is 0.104. The summed E-state index contributed by atoms with van der Waals surface area (Å²) in [5.74, 6) is -0.285. The SMILES string of the molecule is Oc1cc(I)c2c(Cl)c(F)ccc2c1. The topological polar surface area (TPSA) is 20.2 Å². The van der Waals surface area contributed by atoms with Gasteiger partial charge < -0.3 is 5.11 Å². The number of fused-ring (bicyclic) bond motifs is 1. The van der Waals surface area contributed by atoms with Crippen molar-refractivity contribution in [3.63, 3.8) is 0 Å². The molecule has 0 aliphatic heterocycles. The molecule has 2 aromatic carbocycles. The lowest BCUT2D eigenvalue weighted by molar-refractivity contribution is 0.476. The van der Waals surface area contributed by atoms with E-state index in [1.807, 2.05) is 22.6 Å². The number of hydrogen-bond donors (Lipinski definition) is 1. The van der Waals surface area contributed by atoms with Crippen molar-refractivity contribution < 1.29 is 9.50 Å². The second kappa shape index (κ2) is 3.55. The second-order valence-corrected chi connectivity index (χ2v) is 4.43. The van der Waals surface area contributed by atoms with Gasteiger partial charge in [0.1, 0.15) is 11.6 Å². The lowest BCUT2D eigenvalue weighted by Gasteiger charge is -2.04. The van der Waals surface area contributed by atoms with Crippen LogP contribution in [0.1, 0.15) is 0 Å². The highest BCUT2D eigenvalue weighted by Crippen LogP contribution is 2.32. The molecular formula is C10H5ClFIO. The Balaban J connectivity index is 2.95. The zero-order valence-corrected chi connectivity index (χ0v) is 9.80. The first-order valence-electron chi connectivity index (χ1n) is 3.86. The molecule has 0 fully saturated rings. The maximum absolute atomic E-state index is 13.1. The third-order valence-electron chi connectivity index (χ3n) is 1.94. The van der Waals surface area contributed by atoms with Gasteiger partial charge in [-0.15, -0.1) is 0 Å². The summed E-state index contributed by atoms with van der Waals surface area (Å²) in [6, 6.07) is 6.00. The third-order valence-corrected chi connectivity index (χ3v) is 3.16. The Morgan fingerprint density at radius 2 is 2.00 bits per heavy atom. The minimum Gasteiger partial charge on any atom is -0.508 e. The van der Waals surface area contributed by atoms with Crippen LogP contribution in [-0.4, -0.2) is 5.11 Å². The summed E-state index contributed by atoms with van der Waals surface area (Å²) in [6.45, 7) is 0. The van der Waals surface area contributed by atoms with E-state index < -0.39 is 5.82 Å². The highest BCUT2D eigenvalue weighted by atomic mass is 127. The van der Waals surface area contributed by atoms with E-state index in [4.69, 9.17) is 11.6 Å². The molecule has 0 radical (unpaired) electrons. The van der Waals surface area contributed by atoms with Crippen LogP contribution in [0.5, 0.6) is 5.75 Å². The quantitative estimate of drug-likeness (QED) is 0.728. The molecule has 2 aromatic rings. The number of phenolic OH excluding ortho intramolecular Hbond substituents is 1. The normalized spacial score (nSPS) is 10.8. The van der Waals surface area contributed by atoms with Crippen molar-refractivity contribution >= 4 is 45.0 Å². The molecule has 0 bridgehead atoms. The molecule has 0 aliphatic carbocycles. The van der Waals surface area contributed by atoms with Crippen LogP contribution in [0.15, 0.2) is 24.3 Å². The second-order valence-electron chi connectivity index (χ2n) is 2.89. The lowest BCUT2D eigenvalue weighted by atomic mass is 10.1. The van der Waals surface area contributed by atoms with E-state index in [1.54, 1.807) is 18.2 Å². The van der Waals surface area contributed by atoms with Crippen molar-refractivity contribution in [3.8, 4) is 5.75 Å². The average Bonchev–Trinajstić information content (AvgIpc) is 2.10. The van der Waals surface area contributed by atoms with Crippen molar-refractivity contribution in [3.05, 3.63) is 38.7 Å². The Kier molecular flexibility index (Phi) is 2.53. The van der Waals surface area contributed by atoms with Gasteiger partial charge in [0.05, 0.1) is 5.02 Å². The molecule has 1 nitrogen and oxygen atoms in total. The summed E-state index contributed by atoms with van der Waals surface area (Å²) in [6.07, 6.45) is 0.